The van der Waals surface area contributed by atoms with Gasteiger partial charge in [-0.3, -0.25) is 10.00 Å². The van der Waals surface area contributed by atoms with Crippen molar-refractivity contribution >= 4 is 0 Å². The summed E-state index contributed by atoms with van der Waals surface area (Å²) < 4.78 is 0. The van der Waals surface area contributed by atoms with Gasteiger partial charge in [0.25, 0.3) is 0 Å². The van der Waals surface area contributed by atoms with Crippen LogP contribution in [0.5, 0.6) is 0 Å². The normalized spacial score (nSPS) is 20.4. The fourth-order valence-corrected chi connectivity index (χ4v) is 3.18. The molecule has 118 valence electrons. The lowest BCUT2D eigenvalue weighted by molar-refractivity contribution is 0.255. The second-order valence-corrected chi connectivity index (χ2v) is 6.19. The first kappa shape index (κ1) is 15.3. The highest BCUT2D eigenvalue weighted by molar-refractivity contribution is 5.18. The number of likely N-dealkylation sites (tertiary alicyclic amines) is 1. The van der Waals surface area contributed by atoms with E-state index in [4.69, 9.17) is 0 Å². The van der Waals surface area contributed by atoms with E-state index in [1.54, 1.807) is 0 Å². The first-order chi connectivity index (χ1) is 10.8. The number of rotatable bonds is 6. The molecule has 0 amide bonds. The molecule has 1 aliphatic rings. The Labute approximate surface area is 132 Å². The van der Waals surface area contributed by atoms with Gasteiger partial charge in [0.1, 0.15) is 0 Å². The van der Waals surface area contributed by atoms with E-state index in [0.717, 1.165) is 31.7 Å². The minimum Gasteiger partial charge on any atom is -0.307 e. The molecule has 22 heavy (non-hydrogen) atoms. The van der Waals surface area contributed by atoms with Crippen LogP contribution in [0.4, 0.5) is 0 Å². The molecule has 1 saturated heterocycles. The van der Waals surface area contributed by atoms with E-state index in [-0.39, 0.29) is 0 Å². The molecule has 0 spiro atoms. The van der Waals surface area contributed by atoms with Crippen LogP contribution >= 0.6 is 0 Å². The molecule has 2 aromatic rings. The van der Waals surface area contributed by atoms with Crippen molar-refractivity contribution < 1.29 is 0 Å². The molecule has 1 aliphatic heterocycles. The van der Waals surface area contributed by atoms with Crippen LogP contribution < -0.4 is 5.32 Å². The summed E-state index contributed by atoms with van der Waals surface area (Å²) in [5, 5.41) is 11.1. The summed E-state index contributed by atoms with van der Waals surface area (Å²) >= 11 is 0. The van der Waals surface area contributed by atoms with E-state index in [0.29, 0.717) is 12.1 Å². The molecule has 0 saturated carbocycles. The van der Waals surface area contributed by atoms with Crippen LogP contribution in [0.1, 0.15) is 43.3 Å². The average Bonchev–Trinajstić information content (AvgIpc) is 3.22. The first-order valence-corrected chi connectivity index (χ1v) is 8.31. The Morgan fingerprint density at radius 3 is 2.91 bits per heavy atom. The Hall–Kier alpha value is -1.65. The molecule has 0 radical (unpaired) electrons. The summed E-state index contributed by atoms with van der Waals surface area (Å²) in [6.45, 7) is 7.60. The van der Waals surface area contributed by atoms with E-state index in [9.17, 15) is 0 Å². The van der Waals surface area contributed by atoms with Crippen molar-refractivity contribution in [2.24, 2.45) is 0 Å². The van der Waals surface area contributed by atoms with E-state index in [2.05, 4.69) is 70.7 Å². The SMILES string of the molecule is CCc1cc(CNC2CCN(C(C)c3ccccc3)C2)[nH]n1. The fraction of sp³-hybridized carbons (Fsp3) is 0.500. The summed E-state index contributed by atoms with van der Waals surface area (Å²) in [5.74, 6) is 0. The van der Waals surface area contributed by atoms with Gasteiger partial charge in [0.15, 0.2) is 0 Å². The number of H-pyrrole nitrogens is 1. The van der Waals surface area contributed by atoms with Crippen LogP contribution in [0.25, 0.3) is 0 Å². The molecular formula is C18H26N4. The molecular weight excluding hydrogens is 272 g/mol. The van der Waals surface area contributed by atoms with Crippen LogP contribution in [0.15, 0.2) is 36.4 Å². The standard InChI is InChI=1S/C18H26N4/c1-3-16-11-18(21-20-16)12-19-17-9-10-22(13-17)14(2)15-7-5-4-6-8-15/h4-8,11,14,17,19H,3,9-10,12-13H2,1-2H3,(H,20,21). The monoisotopic (exact) mass is 298 g/mol. The Morgan fingerprint density at radius 1 is 1.36 bits per heavy atom. The van der Waals surface area contributed by atoms with Crippen molar-refractivity contribution in [2.45, 2.75) is 45.3 Å². The number of hydrogen-bond donors (Lipinski definition) is 2. The zero-order valence-corrected chi connectivity index (χ0v) is 13.5. The molecule has 1 aromatic carbocycles. The second kappa shape index (κ2) is 7.07. The Balaban J connectivity index is 1.49. The third kappa shape index (κ3) is 3.57. The third-order valence-electron chi connectivity index (χ3n) is 4.68. The van der Waals surface area contributed by atoms with Crippen LogP contribution in [-0.2, 0) is 13.0 Å². The van der Waals surface area contributed by atoms with E-state index < -0.39 is 0 Å². The van der Waals surface area contributed by atoms with Gasteiger partial charge >= 0.3 is 0 Å². The van der Waals surface area contributed by atoms with Crippen molar-refractivity contribution in [3.05, 3.63) is 53.3 Å². The highest BCUT2D eigenvalue weighted by Crippen LogP contribution is 2.24. The van der Waals surface area contributed by atoms with Gasteiger partial charge in [-0.25, -0.2) is 0 Å². The third-order valence-corrected chi connectivity index (χ3v) is 4.68. The topological polar surface area (TPSA) is 44.0 Å². The van der Waals surface area contributed by atoms with Gasteiger partial charge in [-0.15, -0.1) is 0 Å². The first-order valence-electron chi connectivity index (χ1n) is 8.31. The lowest BCUT2D eigenvalue weighted by Gasteiger charge is -2.24. The van der Waals surface area contributed by atoms with Crippen molar-refractivity contribution in [3.8, 4) is 0 Å². The number of aryl methyl sites for hydroxylation is 1. The lowest BCUT2D eigenvalue weighted by Crippen LogP contribution is -2.33. The Bertz CT molecular complexity index is 578. The van der Waals surface area contributed by atoms with Crippen LogP contribution in [0, 0.1) is 0 Å². The van der Waals surface area contributed by atoms with E-state index in [1.165, 1.54) is 17.7 Å². The maximum atomic E-state index is 4.29. The van der Waals surface area contributed by atoms with Crippen molar-refractivity contribution in [3.63, 3.8) is 0 Å². The Kier molecular flexibility index (Phi) is 4.90. The number of aromatic nitrogens is 2. The molecule has 2 atom stereocenters. The van der Waals surface area contributed by atoms with Crippen molar-refractivity contribution in [2.75, 3.05) is 13.1 Å². The fourth-order valence-electron chi connectivity index (χ4n) is 3.18. The summed E-state index contributed by atoms with van der Waals surface area (Å²) in [6, 6.07) is 14.0. The van der Waals surface area contributed by atoms with E-state index >= 15 is 0 Å². The van der Waals surface area contributed by atoms with Gasteiger partial charge < -0.3 is 5.32 Å². The van der Waals surface area contributed by atoms with Gasteiger partial charge in [0, 0.05) is 37.4 Å². The quantitative estimate of drug-likeness (QED) is 0.862. The van der Waals surface area contributed by atoms with Crippen LogP contribution in [0.2, 0.25) is 0 Å². The number of nitrogens with one attached hydrogen (secondary N) is 2. The number of hydrogen-bond acceptors (Lipinski definition) is 3. The summed E-state index contributed by atoms with van der Waals surface area (Å²) in [7, 11) is 0. The summed E-state index contributed by atoms with van der Waals surface area (Å²) in [6.07, 6.45) is 2.20. The molecule has 4 heteroatoms. The minimum atomic E-state index is 0.492. The van der Waals surface area contributed by atoms with Gasteiger partial charge in [-0.05, 0) is 31.4 Å². The molecule has 0 aliphatic carbocycles. The predicted octanol–water partition coefficient (Wildman–Crippen LogP) is 2.90. The maximum Gasteiger partial charge on any atom is 0.0622 e. The molecule has 0 bridgehead atoms. The second-order valence-electron chi connectivity index (χ2n) is 6.19. The molecule has 2 unspecified atom stereocenters. The predicted molar refractivity (Wildman–Crippen MR) is 89.6 cm³/mol. The van der Waals surface area contributed by atoms with Crippen molar-refractivity contribution in [1.82, 2.24) is 20.4 Å². The molecule has 2 heterocycles. The molecule has 2 N–H and O–H groups in total. The zero-order chi connectivity index (χ0) is 15.4. The summed E-state index contributed by atoms with van der Waals surface area (Å²) in [5.41, 5.74) is 3.73. The van der Waals surface area contributed by atoms with Gasteiger partial charge in [-0.1, -0.05) is 37.3 Å². The van der Waals surface area contributed by atoms with Gasteiger partial charge in [0.2, 0.25) is 0 Å². The number of nitrogens with zero attached hydrogens (tertiary/aromatic N) is 2. The zero-order valence-electron chi connectivity index (χ0n) is 13.5. The molecule has 1 aromatic heterocycles. The van der Waals surface area contributed by atoms with Gasteiger partial charge in [0.05, 0.1) is 5.69 Å². The van der Waals surface area contributed by atoms with Crippen molar-refractivity contribution in [1.29, 1.82) is 0 Å². The molecule has 4 nitrogen and oxygen atoms in total. The minimum absolute atomic E-state index is 0.492. The molecule has 3 rings (SSSR count). The molecule has 1 fully saturated rings. The maximum absolute atomic E-state index is 4.29. The smallest absolute Gasteiger partial charge is 0.0622 e. The highest BCUT2D eigenvalue weighted by Gasteiger charge is 2.26. The average molecular weight is 298 g/mol. The van der Waals surface area contributed by atoms with Crippen LogP contribution in [-0.4, -0.2) is 34.2 Å². The van der Waals surface area contributed by atoms with Crippen LogP contribution in [0.3, 0.4) is 0 Å². The lowest BCUT2D eigenvalue weighted by atomic mass is 10.1. The highest BCUT2D eigenvalue weighted by atomic mass is 15.2. The largest absolute Gasteiger partial charge is 0.307 e. The Morgan fingerprint density at radius 2 is 2.18 bits per heavy atom. The summed E-state index contributed by atoms with van der Waals surface area (Å²) in [4.78, 5) is 2.57. The number of benzene rings is 1. The number of aromatic amines is 1. The van der Waals surface area contributed by atoms with Gasteiger partial charge in [-0.2, -0.15) is 5.10 Å². The van der Waals surface area contributed by atoms with E-state index in [1.807, 2.05) is 0 Å².